The van der Waals surface area contributed by atoms with E-state index >= 15 is 0 Å². The zero-order valence-electron chi connectivity index (χ0n) is 13.8. The summed E-state index contributed by atoms with van der Waals surface area (Å²) in [5.41, 5.74) is -1.18. The predicted octanol–water partition coefficient (Wildman–Crippen LogP) is 2.39. The van der Waals surface area contributed by atoms with Crippen LogP contribution in [0.1, 0.15) is 35.7 Å². The van der Waals surface area contributed by atoms with Gasteiger partial charge in [-0.25, -0.2) is 4.98 Å². The first-order valence-corrected chi connectivity index (χ1v) is 8.76. The molecule has 0 radical (unpaired) electrons. The van der Waals surface area contributed by atoms with Crippen molar-refractivity contribution in [1.29, 1.82) is 5.26 Å². The van der Waals surface area contributed by atoms with Crippen molar-refractivity contribution in [2.45, 2.75) is 37.4 Å². The van der Waals surface area contributed by atoms with E-state index in [1.54, 1.807) is 6.07 Å². The summed E-state index contributed by atoms with van der Waals surface area (Å²) in [6, 6.07) is 1.58. The van der Waals surface area contributed by atoms with Crippen LogP contribution in [0.5, 0.6) is 0 Å². The normalized spacial score (nSPS) is 16.5. The third-order valence-corrected chi connectivity index (χ3v) is 4.92. The van der Waals surface area contributed by atoms with E-state index < -0.39 is 35.7 Å². The highest BCUT2D eigenvalue weighted by molar-refractivity contribution is 8.00. The fourth-order valence-electron chi connectivity index (χ4n) is 2.79. The number of rotatable bonds is 5. The Morgan fingerprint density at radius 1 is 1.46 bits per heavy atom. The van der Waals surface area contributed by atoms with Gasteiger partial charge >= 0.3 is 12.1 Å². The molecule has 1 aromatic heterocycles. The van der Waals surface area contributed by atoms with Gasteiger partial charge in [0, 0.05) is 5.69 Å². The second-order valence-corrected chi connectivity index (χ2v) is 6.97. The maximum Gasteiger partial charge on any atom is 0.418 e. The third-order valence-electron chi connectivity index (χ3n) is 3.95. The Hall–Kier alpha value is -2.28. The molecule has 1 aromatic rings. The highest BCUT2D eigenvalue weighted by atomic mass is 32.2. The number of nitrogens with zero attached hydrogens (tertiary/aromatic N) is 2. The Morgan fingerprint density at radius 2 is 2.15 bits per heavy atom. The molecule has 2 rings (SSSR count). The van der Waals surface area contributed by atoms with Crippen molar-refractivity contribution >= 4 is 23.6 Å². The molecule has 0 aromatic carbocycles. The Balaban J connectivity index is 2.37. The maximum absolute atomic E-state index is 13.6. The van der Waals surface area contributed by atoms with Crippen LogP contribution in [0.4, 0.5) is 13.2 Å². The summed E-state index contributed by atoms with van der Waals surface area (Å²) in [5, 5.41) is 19.8. The van der Waals surface area contributed by atoms with E-state index in [0.29, 0.717) is 30.3 Å². The van der Waals surface area contributed by atoms with Gasteiger partial charge in [0.25, 0.3) is 0 Å². The van der Waals surface area contributed by atoms with E-state index in [1.807, 2.05) is 6.92 Å². The average Bonchev–Trinajstić information content (AvgIpc) is 2.55. The molecular weight excluding hydrogens is 371 g/mol. The van der Waals surface area contributed by atoms with Gasteiger partial charge in [-0.05, 0) is 30.7 Å². The number of alkyl halides is 3. The van der Waals surface area contributed by atoms with Gasteiger partial charge in [0.1, 0.15) is 17.6 Å². The molecule has 2 N–H and O–H groups in total. The number of aryl methyl sites for hydroxylation is 1. The maximum atomic E-state index is 13.6. The number of nitriles is 1. The number of nitrogens with one attached hydrogen (secondary N) is 1. The van der Waals surface area contributed by atoms with Gasteiger partial charge in [0.05, 0.1) is 16.9 Å². The molecule has 0 aliphatic heterocycles. The van der Waals surface area contributed by atoms with E-state index in [2.05, 4.69) is 10.3 Å². The highest BCUT2D eigenvalue weighted by Gasteiger charge is 2.40. The number of carboxylic acids is 1. The minimum Gasteiger partial charge on any atom is -0.480 e. The molecule has 0 spiro atoms. The predicted molar refractivity (Wildman–Crippen MR) is 86.5 cm³/mol. The van der Waals surface area contributed by atoms with Crippen LogP contribution in [0.3, 0.4) is 0 Å². The number of amides is 1. The number of hydrogen-bond acceptors (Lipinski definition) is 5. The number of carbonyl (C=O) groups excluding carboxylic acids is 1. The van der Waals surface area contributed by atoms with Crippen LogP contribution in [-0.4, -0.2) is 34.3 Å². The molecule has 26 heavy (non-hydrogen) atoms. The number of carboxylic acid groups (broad SMARTS) is 1. The third kappa shape index (κ3) is 4.66. The lowest BCUT2D eigenvalue weighted by atomic mass is 9.84. The number of halogens is 3. The van der Waals surface area contributed by atoms with Crippen LogP contribution in [0.2, 0.25) is 0 Å². The first-order chi connectivity index (χ1) is 12.1. The molecule has 0 saturated carbocycles. The highest BCUT2D eigenvalue weighted by Crippen LogP contribution is 2.41. The molecule has 0 saturated heterocycles. The molecular formula is C16H16F3N3O3S. The van der Waals surface area contributed by atoms with Crippen molar-refractivity contribution in [3.63, 3.8) is 0 Å². The van der Waals surface area contributed by atoms with Crippen LogP contribution >= 0.6 is 11.8 Å². The Morgan fingerprint density at radius 3 is 2.73 bits per heavy atom. The largest absolute Gasteiger partial charge is 0.480 e. The average molecular weight is 387 g/mol. The zero-order valence-corrected chi connectivity index (χ0v) is 14.6. The molecule has 10 heteroatoms. The van der Waals surface area contributed by atoms with Crippen molar-refractivity contribution in [2.24, 2.45) is 5.92 Å². The van der Waals surface area contributed by atoms with Crippen molar-refractivity contribution < 1.29 is 27.9 Å². The summed E-state index contributed by atoms with van der Waals surface area (Å²) in [4.78, 5) is 26.2. The van der Waals surface area contributed by atoms with Gasteiger partial charge in [-0.3, -0.25) is 9.59 Å². The number of hydrogen-bond donors (Lipinski definition) is 2. The van der Waals surface area contributed by atoms with E-state index in [4.69, 9.17) is 5.11 Å². The Kier molecular flexibility index (Phi) is 6.13. The molecule has 1 unspecified atom stereocenters. The molecule has 0 bridgehead atoms. The molecule has 1 atom stereocenters. The molecule has 140 valence electrons. The fourth-order valence-corrected chi connectivity index (χ4v) is 3.63. The summed E-state index contributed by atoms with van der Waals surface area (Å²) in [5.74, 6) is -2.16. The summed E-state index contributed by atoms with van der Waals surface area (Å²) in [7, 11) is 0. The first-order valence-electron chi connectivity index (χ1n) is 7.77. The number of carbonyl (C=O) groups is 2. The van der Waals surface area contributed by atoms with Gasteiger partial charge in [0.2, 0.25) is 5.91 Å². The molecule has 1 aliphatic rings. The molecule has 1 aliphatic carbocycles. The van der Waals surface area contributed by atoms with Crippen molar-refractivity contribution in [3.05, 3.63) is 22.4 Å². The molecule has 1 amide bonds. The minimum absolute atomic E-state index is 0.0625. The number of pyridine rings is 1. The number of aromatic nitrogens is 1. The van der Waals surface area contributed by atoms with Crippen molar-refractivity contribution in [1.82, 2.24) is 10.3 Å². The Labute approximate surface area is 151 Å². The number of thioether (sulfide) groups is 1. The van der Waals surface area contributed by atoms with E-state index in [-0.39, 0.29) is 28.7 Å². The van der Waals surface area contributed by atoms with E-state index in [9.17, 15) is 28.0 Å². The van der Waals surface area contributed by atoms with Gasteiger partial charge in [0.15, 0.2) is 0 Å². The van der Waals surface area contributed by atoms with Gasteiger partial charge < -0.3 is 10.4 Å². The zero-order chi connectivity index (χ0) is 19.5. The smallest absolute Gasteiger partial charge is 0.418 e. The summed E-state index contributed by atoms with van der Waals surface area (Å²) >= 11 is 0.697. The quantitative estimate of drug-likeness (QED) is 0.752. The van der Waals surface area contributed by atoms with Crippen LogP contribution < -0.4 is 5.32 Å². The standard InChI is InChI=1S/C16H16F3N3O3S/c1-8-2-3-11-9(4-8)14(16(17,18)19)10(5-20)15(22-11)26-7-12(23)21-6-13(24)25/h8H,2-4,6-7H2,1H3,(H,21,23)(H,24,25). The SMILES string of the molecule is CC1CCc2nc(SCC(=O)NCC(=O)O)c(C#N)c(C(F)(F)F)c2C1. The minimum atomic E-state index is -4.70. The summed E-state index contributed by atoms with van der Waals surface area (Å²) < 4.78 is 40.8. The van der Waals surface area contributed by atoms with Gasteiger partial charge in [-0.15, -0.1) is 0 Å². The van der Waals surface area contributed by atoms with E-state index in [1.165, 1.54) is 0 Å². The number of aliphatic carboxylic acids is 1. The van der Waals surface area contributed by atoms with Crippen LogP contribution in [-0.2, 0) is 28.6 Å². The van der Waals surface area contributed by atoms with Crippen molar-refractivity contribution in [3.8, 4) is 6.07 Å². The second-order valence-electron chi connectivity index (χ2n) is 6.01. The van der Waals surface area contributed by atoms with Crippen LogP contribution in [0.15, 0.2) is 5.03 Å². The first kappa shape index (κ1) is 20.0. The monoisotopic (exact) mass is 387 g/mol. The summed E-state index contributed by atoms with van der Waals surface area (Å²) in [6.07, 6.45) is -3.41. The fraction of sp³-hybridized carbons (Fsp3) is 0.500. The lowest BCUT2D eigenvalue weighted by Crippen LogP contribution is -2.30. The molecule has 6 nitrogen and oxygen atoms in total. The van der Waals surface area contributed by atoms with Gasteiger partial charge in [-0.2, -0.15) is 18.4 Å². The lowest BCUT2D eigenvalue weighted by Gasteiger charge is -2.26. The lowest BCUT2D eigenvalue weighted by molar-refractivity contribution is -0.139. The molecule has 1 heterocycles. The van der Waals surface area contributed by atoms with Crippen LogP contribution in [0, 0.1) is 17.2 Å². The second kappa shape index (κ2) is 7.95. The summed E-state index contributed by atoms with van der Waals surface area (Å²) in [6.45, 7) is 1.26. The van der Waals surface area contributed by atoms with Gasteiger partial charge in [-0.1, -0.05) is 18.7 Å². The van der Waals surface area contributed by atoms with E-state index in [0.717, 1.165) is 0 Å². The topological polar surface area (TPSA) is 103 Å². The van der Waals surface area contributed by atoms with Crippen molar-refractivity contribution in [2.75, 3.05) is 12.3 Å². The number of fused-ring (bicyclic) bond motifs is 1. The van der Waals surface area contributed by atoms with Crippen LogP contribution in [0.25, 0.3) is 0 Å². The molecule has 0 fully saturated rings. The Bertz CT molecular complexity index is 775.